The van der Waals surface area contributed by atoms with E-state index in [0.717, 1.165) is 10.8 Å². The zero-order chi connectivity index (χ0) is 13.7. The Balaban J connectivity index is 2.15. The molecule has 0 saturated carbocycles. The molecule has 0 bridgehead atoms. The first-order valence-electron chi connectivity index (χ1n) is 5.87. The lowest BCUT2D eigenvalue weighted by atomic mass is 10.1. The van der Waals surface area contributed by atoms with E-state index in [1.54, 1.807) is 12.1 Å². The molecule has 1 atom stereocenters. The highest BCUT2D eigenvalue weighted by atomic mass is 31.1. The number of benzene rings is 2. The Morgan fingerprint density at radius 1 is 1.21 bits per heavy atom. The molecule has 0 aliphatic heterocycles. The van der Waals surface area contributed by atoms with Crippen LogP contribution in [0.3, 0.4) is 0 Å². The van der Waals surface area contributed by atoms with Crippen molar-refractivity contribution in [3.05, 3.63) is 67.5 Å². The molecule has 98 valence electrons. The molecule has 0 fully saturated rings. The molecule has 4 heteroatoms. The average molecular weight is 274 g/mol. The summed E-state index contributed by atoms with van der Waals surface area (Å²) in [5.74, 6) is 0.938. The van der Waals surface area contributed by atoms with E-state index in [1.165, 1.54) is 0 Å². The van der Waals surface area contributed by atoms with E-state index in [9.17, 15) is 4.57 Å². The number of allylic oxidation sites excluding steroid dienone is 1. The highest BCUT2D eigenvalue weighted by molar-refractivity contribution is 7.34. The van der Waals surface area contributed by atoms with Gasteiger partial charge in [-0.3, -0.25) is 0 Å². The van der Waals surface area contributed by atoms with E-state index >= 15 is 0 Å². The Morgan fingerprint density at radius 3 is 2.74 bits per heavy atom. The second-order valence-corrected chi connectivity index (χ2v) is 4.87. The SMILES string of the molecule is C=CCC(=C)O[PH](=O)Oc1cccc2ccccc12. The lowest BCUT2D eigenvalue weighted by Crippen LogP contribution is -1.88. The average Bonchev–Trinajstić information content (AvgIpc) is 2.39. The Morgan fingerprint density at radius 2 is 1.95 bits per heavy atom. The molecule has 2 aromatic rings. The molecule has 2 rings (SSSR count). The number of rotatable bonds is 6. The predicted molar refractivity (Wildman–Crippen MR) is 78.6 cm³/mol. The largest absolute Gasteiger partial charge is 0.423 e. The fourth-order valence-corrected chi connectivity index (χ4v) is 2.43. The van der Waals surface area contributed by atoms with Crippen molar-refractivity contribution < 1.29 is 13.6 Å². The van der Waals surface area contributed by atoms with Crippen LogP contribution >= 0.6 is 8.25 Å². The first-order valence-corrected chi connectivity index (χ1v) is 7.09. The first-order chi connectivity index (χ1) is 9.20. The second kappa shape index (κ2) is 6.26. The normalized spacial score (nSPS) is 11.8. The minimum atomic E-state index is -2.65. The van der Waals surface area contributed by atoms with Crippen LogP contribution in [0.5, 0.6) is 5.75 Å². The van der Waals surface area contributed by atoms with Crippen LogP contribution in [0.2, 0.25) is 0 Å². The molecule has 0 aliphatic carbocycles. The zero-order valence-corrected chi connectivity index (χ0v) is 11.5. The molecule has 0 amide bonds. The van der Waals surface area contributed by atoms with E-state index in [2.05, 4.69) is 13.2 Å². The van der Waals surface area contributed by atoms with Crippen LogP contribution in [0.15, 0.2) is 67.5 Å². The van der Waals surface area contributed by atoms with Crippen LogP contribution < -0.4 is 4.52 Å². The van der Waals surface area contributed by atoms with E-state index in [-0.39, 0.29) is 0 Å². The third-order valence-electron chi connectivity index (χ3n) is 2.54. The summed E-state index contributed by atoms with van der Waals surface area (Å²) >= 11 is 0. The first kappa shape index (κ1) is 13.4. The Hall–Kier alpha value is -1.99. The van der Waals surface area contributed by atoms with Gasteiger partial charge < -0.3 is 9.05 Å². The molecule has 0 saturated heterocycles. The van der Waals surface area contributed by atoms with Gasteiger partial charge in [-0.15, -0.1) is 6.58 Å². The Bertz CT molecular complexity index is 629. The molecule has 0 heterocycles. The van der Waals surface area contributed by atoms with Crippen molar-refractivity contribution in [3.8, 4) is 5.75 Å². The lowest BCUT2D eigenvalue weighted by molar-refractivity contribution is 0.354. The van der Waals surface area contributed by atoms with E-state index < -0.39 is 8.25 Å². The molecule has 0 spiro atoms. The molecule has 2 aromatic carbocycles. The number of hydrogen-bond donors (Lipinski definition) is 0. The molecular weight excluding hydrogens is 259 g/mol. The molecule has 0 aliphatic rings. The van der Waals surface area contributed by atoms with Gasteiger partial charge in [-0.05, 0) is 11.5 Å². The molecule has 3 nitrogen and oxygen atoms in total. The zero-order valence-electron chi connectivity index (χ0n) is 10.5. The minimum Gasteiger partial charge on any atom is -0.423 e. The van der Waals surface area contributed by atoms with Gasteiger partial charge in [0, 0.05) is 11.8 Å². The minimum absolute atomic E-state index is 0.388. The molecule has 19 heavy (non-hydrogen) atoms. The Labute approximate surface area is 113 Å². The van der Waals surface area contributed by atoms with Crippen molar-refractivity contribution in [3.63, 3.8) is 0 Å². The van der Waals surface area contributed by atoms with Gasteiger partial charge in [-0.25, -0.2) is 4.57 Å². The fraction of sp³-hybridized carbons (Fsp3) is 0.0667. The second-order valence-electron chi connectivity index (χ2n) is 3.96. The fourth-order valence-electron chi connectivity index (χ4n) is 1.72. The topological polar surface area (TPSA) is 35.5 Å². The number of hydrogen-bond acceptors (Lipinski definition) is 3. The number of fused-ring (bicyclic) bond motifs is 1. The van der Waals surface area contributed by atoms with E-state index in [1.807, 2.05) is 36.4 Å². The quantitative estimate of drug-likeness (QED) is 0.434. The van der Waals surface area contributed by atoms with Crippen LogP contribution in [0.1, 0.15) is 6.42 Å². The molecular formula is C15H15O3P. The standard InChI is InChI=1S/C15H15O3P/c1-3-7-12(2)17-19(16)18-15-11-6-9-13-8-4-5-10-14(13)15/h3-6,8-11,19H,1-2,7H2. The smallest absolute Gasteiger partial charge is 0.418 e. The van der Waals surface area contributed by atoms with Crippen molar-refractivity contribution in [2.75, 3.05) is 0 Å². The maximum atomic E-state index is 11.8. The van der Waals surface area contributed by atoms with Gasteiger partial charge in [0.15, 0.2) is 0 Å². The van der Waals surface area contributed by atoms with Gasteiger partial charge in [0.2, 0.25) is 0 Å². The highest BCUT2D eigenvalue weighted by Gasteiger charge is 2.07. The van der Waals surface area contributed by atoms with Crippen LogP contribution in [0.4, 0.5) is 0 Å². The molecule has 0 radical (unpaired) electrons. The molecule has 1 unspecified atom stereocenters. The summed E-state index contributed by atoms with van der Waals surface area (Å²) < 4.78 is 22.3. The third-order valence-corrected chi connectivity index (χ3v) is 3.38. The predicted octanol–water partition coefficient (Wildman–Crippen LogP) is 4.71. The summed E-state index contributed by atoms with van der Waals surface area (Å²) in [5, 5.41) is 1.93. The third kappa shape index (κ3) is 3.49. The van der Waals surface area contributed by atoms with Crippen LogP contribution in [0, 0.1) is 0 Å². The summed E-state index contributed by atoms with van der Waals surface area (Å²) in [7, 11) is -2.65. The maximum Gasteiger partial charge on any atom is 0.418 e. The summed E-state index contributed by atoms with van der Waals surface area (Å²) in [6, 6.07) is 13.3. The molecule has 0 aromatic heterocycles. The van der Waals surface area contributed by atoms with Gasteiger partial charge in [0.25, 0.3) is 0 Å². The van der Waals surface area contributed by atoms with Crippen molar-refractivity contribution >= 4 is 19.0 Å². The summed E-state index contributed by atoms with van der Waals surface area (Å²) in [5.41, 5.74) is 0. The van der Waals surface area contributed by atoms with E-state index in [0.29, 0.717) is 17.9 Å². The van der Waals surface area contributed by atoms with Crippen molar-refractivity contribution in [2.45, 2.75) is 6.42 Å². The summed E-state index contributed by atoms with van der Waals surface area (Å²) in [6.45, 7) is 7.20. The van der Waals surface area contributed by atoms with E-state index in [4.69, 9.17) is 9.05 Å². The van der Waals surface area contributed by atoms with Gasteiger partial charge in [0.05, 0.1) is 0 Å². The van der Waals surface area contributed by atoms with Crippen LogP contribution in [-0.2, 0) is 9.09 Å². The monoisotopic (exact) mass is 274 g/mol. The van der Waals surface area contributed by atoms with Crippen molar-refractivity contribution in [1.29, 1.82) is 0 Å². The van der Waals surface area contributed by atoms with Gasteiger partial charge >= 0.3 is 8.25 Å². The van der Waals surface area contributed by atoms with Gasteiger partial charge in [0.1, 0.15) is 11.5 Å². The van der Waals surface area contributed by atoms with Crippen LogP contribution in [-0.4, -0.2) is 0 Å². The molecule has 0 N–H and O–H groups in total. The van der Waals surface area contributed by atoms with Gasteiger partial charge in [-0.2, -0.15) is 0 Å². The summed E-state index contributed by atoms with van der Waals surface area (Å²) in [6.07, 6.45) is 2.09. The van der Waals surface area contributed by atoms with Crippen molar-refractivity contribution in [2.24, 2.45) is 0 Å². The summed E-state index contributed by atoms with van der Waals surface area (Å²) in [4.78, 5) is 0. The van der Waals surface area contributed by atoms with Crippen molar-refractivity contribution in [1.82, 2.24) is 0 Å². The van der Waals surface area contributed by atoms with Crippen LogP contribution in [0.25, 0.3) is 10.8 Å². The maximum absolute atomic E-state index is 11.8. The van der Waals surface area contributed by atoms with Gasteiger partial charge in [-0.1, -0.05) is 49.1 Å². The lowest BCUT2D eigenvalue weighted by Gasteiger charge is -2.10. The Kier molecular flexibility index (Phi) is 4.43. The highest BCUT2D eigenvalue weighted by Crippen LogP contribution is 2.35.